The molecule has 1 saturated heterocycles. The summed E-state index contributed by atoms with van der Waals surface area (Å²) in [5.74, 6) is -0.108. The number of methoxy groups -OCH3 is 1. The fourth-order valence-electron chi connectivity index (χ4n) is 6.16. The molecule has 3 heterocycles. The van der Waals surface area contributed by atoms with Crippen molar-refractivity contribution < 1.29 is 23.9 Å². The second-order valence-electron chi connectivity index (χ2n) is 10.8. The Morgan fingerprint density at radius 3 is 2.54 bits per heavy atom. The first-order valence-corrected chi connectivity index (χ1v) is 13.7. The Morgan fingerprint density at radius 2 is 1.79 bits per heavy atom. The zero-order chi connectivity index (χ0) is 27.5. The normalized spacial score (nSPS) is 21.1. The first-order valence-electron chi connectivity index (χ1n) is 13.7. The molecule has 2 amide bonds. The number of likely N-dealkylation sites (tertiary alicyclic amines) is 1. The fraction of sp³-hybridized carbons (Fsp3) is 0.467. The van der Waals surface area contributed by atoms with Crippen LogP contribution in [-0.4, -0.2) is 47.4 Å². The molecule has 2 aliphatic heterocycles. The van der Waals surface area contributed by atoms with Crippen LogP contribution in [0.2, 0.25) is 0 Å². The first kappa shape index (κ1) is 26.7. The number of carbonyl (C=O) groups excluding carboxylic acids is 3. The van der Waals surface area contributed by atoms with E-state index >= 15 is 0 Å². The number of pyridine rings is 1. The zero-order valence-corrected chi connectivity index (χ0v) is 22.5. The summed E-state index contributed by atoms with van der Waals surface area (Å²) < 4.78 is 12.4. The van der Waals surface area contributed by atoms with E-state index in [1.54, 1.807) is 41.3 Å². The van der Waals surface area contributed by atoms with Gasteiger partial charge >= 0.3 is 5.97 Å². The number of hydrogen-bond donors (Lipinski definition) is 1. The van der Waals surface area contributed by atoms with Crippen LogP contribution >= 0.6 is 0 Å². The minimum Gasteiger partial charge on any atom is -0.493 e. The molecule has 1 aliphatic carbocycles. The van der Waals surface area contributed by atoms with Crippen LogP contribution in [0.25, 0.3) is 6.08 Å². The molecule has 1 aromatic heterocycles. The van der Waals surface area contributed by atoms with Crippen LogP contribution < -0.4 is 20.3 Å². The number of piperidine rings is 1. The van der Waals surface area contributed by atoms with Crippen molar-refractivity contribution in [1.82, 2.24) is 14.8 Å². The number of ether oxygens (including phenoxy) is 2. The van der Waals surface area contributed by atoms with Gasteiger partial charge in [-0.2, -0.15) is 0 Å². The molecule has 2 bridgehead atoms. The Balaban J connectivity index is 1.44. The summed E-state index contributed by atoms with van der Waals surface area (Å²) in [5, 5.41) is 2.96. The van der Waals surface area contributed by atoms with Crippen LogP contribution in [0.3, 0.4) is 0 Å². The van der Waals surface area contributed by atoms with Crippen molar-refractivity contribution in [3.8, 4) is 11.5 Å². The van der Waals surface area contributed by atoms with Crippen LogP contribution in [0, 0.1) is 11.8 Å². The molecule has 1 saturated carbocycles. The van der Waals surface area contributed by atoms with Gasteiger partial charge in [-0.1, -0.05) is 31.4 Å². The molecule has 39 heavy (non-hydrogen) atoms. The van der Waals surface area contributed by atoms with E-state index in [4.69, 9.17) is 9.47 Å². The molecular formula is C30H35N3O6. The maximum absolute atomic E-state index is 14.0. The Labute approximate surface area is 227 Å². The lowest BCUT2D eigenvalue weighted by Crippen LogP contribution is -2.51. The maximum atomic E-state index is 14.0. The maximum Gasteiger partial charge on any atom is 0.308 e. The van der Waals surface area contributed by atoms with Crippen molar-refractivity contribution >= 4 is 23.9 Å². The van der Waals surface area contributed by atoms with E-state index in [1.165, 1.54) is 14.0 Å². The predicted octanol–water partition coefficient (Wildman–Crippen LogP) is 3.47. The summed E-state index contributed by atoms with van der Waals surface area (Å²) in [7, 11) is 1.47. The topological polar surface area (TPSA) is 107 Å². The number of carbonyl (C=O) groups is 3. The number of aromatic nitrogens is 1. The number of nitrogens with one attached hydrogen (secondary N) is 1. The number of fused-ring (bicyclic) bond motifs is 4. The van der Waals surface area contributed by atoms with Crippen molar-refractivity contribution in [2.75, 3.05) is 20.2 Å². The Kier molecular flexibility index (Phi) is 7.86. The molecule has 2 aromatic rings. The third-order valence-electron chi connectivity index (χ3n) is 7.98. The van der Waals surface area contributed by atoms with E-state index in [1.807, 2.05) is 10.6 Å². The van der Waals surface area contributed by atoms with Crippen LogP contribution in [0.1, 0.15) is 62.6 Å². The molecule has 1 N–H and O–H groups in total. The molecule has 2 atom stereocenters. The Hall–Kier alpha value is -3.88. The van der Waals surface area contributed by atoms with Gasteiger partial charge in [0.2, 0.25) is 5.91 Å². The molecule has 9 heteroatoms. The molecular weight excluding hydrogens is 498 g/mol. The van der Waals surface area contributed by atoms with E-state index in [0.717, 1.165) is 44.2 Å². The number of nitrogens with zero attached hydrogens (tertiary/aromatic N) is 2. The number of amides is 2. The third kappa shape index (κ3) is 5.92. The zero-order valence-electron chi connectivity index (χ0n) is 22.5. The van der Waals surface area contributed by atoms with Crippen LogP contribution in [0.15, 0.2) is 46.9 Å². The van der Waals surface area contributed by atoms with Gasteiger partial charge in [-0.3, -0.25) is 19.2 Å². The van der Waals surface area contributed by atoms with E-state index in [0.29, 0.717) is 30.9 Å². The van der Waals surface area contributed by atoms with Crippen LogP contribution in [-0.2, 0) is 20.9 Å². The highest BCUT2D eigenvalue weighted by molar-refractivity contribution is 6.01. The van der Waals surface area contributed by atoms with Gasteiger partial charge in [0, 0.05) is 50.2 Å². The van der Waals surface area contributed by atoms with Crippen molar-refractivity contribution in [3.05, 3.63) is 63.7 Å². The molecule has 0 unspecified atom stereocenters. The summed E-state index contributed by atoms with van der Waals surface area (Å²) in [6.45, 7) is 2.89. The van der Waals surface area contributed by atoms with Crippen molar-refractivity contribution in [2.24, 2.45) is 11.8 Å². The molecule has 0 radical (unpaired) electrons. The number of esters is 1. The number of hydrogen-bond acceptors (Lipinski definition) is 6. The average Bonchev–Trinajstić information content (AvgIpc) is 2.93. The number of rotatable bonds is 6. The molecule has 0 spiro atoms. The molecule has 2 fully saturated rings. The SMILES string of the molecule is COc1cc(/C=C(\NC(=O)C2CCCCC2)C(=O)N2C[C@H]3C[C@@H](C2)c2cccc(=O)n2C3)ccc1OC(C)=O. The second-order valence-corrected chi connectivity index (χ2v) is 10.8. The monoisotopic (exact) mass is 533 g/mol. The Bertz CT molecular complexity index is 1360. The molecule has 1 aromatic carbocycles. The molecule has 9 nitrogen and oxygen atoms in total. The number of benzene rings is 1. The second kappa shape index (κ2) is 11.5. The lowest BCUT2D eigenvalue weighted by Gasteiger charge is -2.43. The first-order chi connectivity index (χ1) is 18.8. The van der Waals surface area contributed by atoms with Crippen molar-refractivity contribution in [2.45, 2.75) is 57.9 Å². The summed E-state index contributed by atoms with van der Waals surface area (Å²) in [6.07, 6.45) is 7.36. The van der Waals surface area contributed by atoms with Gasteiger partial charge in [-0.15, -0.1) is 0 Å². The summed E-state index contributed by atoms with van der Waals surface area (Å²) in [6, 6.07) is 10.3. The van der Waals surface area contributed by atoms with Crippen molar-refractivity contribution in [1.29, 1.82) is 0 Å². The smallest absolute Gasteiger partial charge is 0.308 e. The summed E-state index contributed by atoms with van der Waals surface area (Å²) in [5.41, 5.74) is 1.79. The average molecular weight is 534 g/mol. The highest BCUT2D eigenvalue weighted by atomic mass is 16.6. The van der Waals surface area contributed by atoms with Gasteiger partial charge in [0.15, 0.2) is 11.5 Å². The Morgan fingerprint density at radius 1 is 1.00 bits per heavy atom. The lowest BCUT2D eigenvalue weighted by molar-refractivity contribution is -0.133. The van der Waals surface area contributed by atoms with E-state index < -0.39 is 5.97 Å². The third-order valence-corrected chi connectivity index (χ3v) is 7.98. The highest BCUT2D eigenvalue weighted by Gasteiger charge is 2.37. The predicted molar refractivity (Wildman–Crippen MR) is 145 cm³/mol. The standard InChI is InChI=1S/C30H35N3O6/c1-19(34)39-26-12-11-20(15-27(26)38-2)14-24(31-29(36)22-7-4-3-5-8-22)30(37)32-16-21-13-23(18-32)25-9-6-10-28(35)33(25)17-21/h6,9-12,14-15,21-23H,3-5,7-8,13,16-18H2,1-2H3,(H,31,36)/b24-14-/t21-,23+/m1/s1. The van der Waals surface area contributed by atoms with E-state index in [2.05, 4.69) is 5.32 Å². The van der Waals surface area contributed by atoms with Gasteiger partial charge in [-0.05, 0) is 55.0 Å². The minimum absolute atomic E-state index is 0.00606. The molecule has 5 rings (SSSR count). The minimum atomic E-state index is -0.466. The van der Waals surface area contributed by atoms with Gasteiger partial charge in [0.25, 0.3) is 11.5 Å². The van der Waals surface area contributed by atoms with Crippen molar-refractivity contribution in [3.63, 3.8) is 0 Å². The molecule has 206 valence electrons. The van der Waals surface area contributed by atoms with Gasteiger partial charge in [0.1, 0.15) is 5.70 Å². The molecule has 3 aliphatic rings. The summed E-state index contributed by atoms with van der Waals surface area (Å²) in [4.78, 5) is 52.9. The highest BCUT2D eigenvalue weighted by Crippen LogP contribution is 2.36. The largest absolute Gasteiger partial charge is 0.493 e. The van der Waals surface area contributed by atoms with Gasteiger partial charge < -0.3 is 24.3 Å². The quantitative estimate of drug-likeness (QED) is 0.346. The van der Waals surface area contributed by atoms with Gasteiger partial charge in [0.05, 0.1) is 7.11 Å². The lowest BCUT2D eigenvalue weighted by atomic mass is 9.83. The summed E-state index contributed by atoms with van der Waals surface area (Å²) >= 11 is 0. The van der Waals surface area contributed by atoms with Gasteiger partial charge in [-0.25, -0.2) is 0 Å². The van der Waals surface area contributed by atoms with Crippen LogP contribution in [0.5, 0.6) is 11.5 Å². The fourth-order valence-corrected chi connectivity index (χ4v) is 6.16. The van der Waals surface area contributed by atoms with E-state index in [9.17, 15) is 19.2 Å². The van der Waals surface area contributed by atoms with Crippen LogP contribution in [0.4, 0.5) is 0 Å². The van der Waals surface area contributed by atoms with E-state index in [-0.39, 0.29) is 46.6 Å².